The second-order valence-electron chi connectivity index (χ2n) is 12.0. The Morgan fingerprint density at radius 2 is 1.32 bits per heavy atom. The van der Waals surface area contributed by atoms with E-state index < -0.39 is 16.0 Å². The number of carbonyl (C=O) groups excluding carboxylic acids is 2. The molecule has 1 aliphatic heterocycles. The molecular formula is C30H33NO5S. The first-order valence-corrected chi connectivity index (χ1v) is 14.0. The lowest BCUT2D eigenvalue weighted by Crippen LogP contribution is -2.43. The molecule has 1 heterocycles. The summed E-state index contributed by atoms with van der Waals surface area (Å²) in [5.74, 6) is -0.320. The summed E-state index contributed by atoms with van der Waals surface area (Å²) in [5.41, 5.74) is 3.53. The van der Waals surface area contributed by atoms with Crippen molar-refractivity contribution in [1.29, 1.82) is 0 Å². The Hall–Kier alpha value is -3.19. The van der Waals surface area contributed by atoms with E-state index in [4.69, 9.17) is 4.18 Å². The molecule has 0 spiro atoms. The Morgan fingerprint density at radius 3 is 1.86 bits per heavy atom. The first kappa shape index (κ1) is 25.5. The Morgan fingerprint density at radius 1 is 0.784 bits per heavy atom. The molecule has 0 saturated heterocycles. The van der Waals surface area contributed by atoms with Crippen LogP contribution < -0.4 is 4.18 Å². The summed E-state index contributed by atoms with van der Waals surface area (Å²) in [6.45, 7) is 8.39. The number of benzene rings is 2. The number of ketones is 2. The van der Waals surface area contributed by atoms with Crippen molar-refractivity contribution in [3.8, 4) is 5.75 Å². The van der Waals surface area contributed by atoms with Gasteiger partial charge in [0.05, 0.1) is 0 Å². The van der Waals surface area contributed by atoms with E-state index in [1.807, 2.05) is 13.1 Å². The Kier molecular flexibility index (Phi) is 5.98. The molecule has 0 saturated carbocycles. The van der Waals surface area contributed by atoms with Crippen LogP contribution in [0, 0.1) is 10.8 Å². The maximum Gasteiger partial charge on any atom is 0.339 e. The van der Waals surface area contributed by atoms with E-state index in [0.29, 0.717) is 29.6 Å². The molecule has 0 bridgehead atoms. The zero-order chi connectivity index (χ0) is 26.8. The van der Waals surface area contributed by atoms with Crippen LogP contribution in [0.5, 0.6) is 5.75 Å². The van der Waals surface area contributed by atoms with E-state index >= 15 is 0 Å². The lowest BCUT2D eigenvalue weighted by atomic mass is 9.64. The Balaban J connectivity index is 1.64. The zero-order valence-corrected chi connectivity index (χ0v) is 22.8. The van der Waals surface area contributed by atoms with E-state index in [2.05, 4.69) is 32.6 Å². The molecule has 2 aromatic carbocycles. The molecule has 0 atom stereocenters. The number of Topliss-reactive ketones (excluding diaryl/α,β-unsaturated/α-hetero) is 2. The van der Waals surface area contributed by atoms with Gasteiger partial charge in [-0.15, -0.1) is 0 Å². The summed E-state index contributed by atoms with van der Waals surface area (Å²) in [6.07, 6.45) is 2.25. The van der Waals surface area contributed by atoms with Gasteiger partial charge in [-0.1, -0.05) is 58.0 Å². The highest BCUT2D eigenvalue weighted by atomic mass is 32.2. The molecule has 0 amide bonds. The van der Waals surface area contributed by atoms with Crippen molar-refractivity contribution >= 4 is 21.7 Å². The van der Waals surface area contributed by atoms with Crippen LogP contribution in [0.2, 0.25) is 0 Å². The molecule has 37 heavy (non-hydrogen) atoms. The van der Waals surface area contributed by atoms with Gasteiger partial charge >= 0.3 is 10.1 Å². The highest BCUT2D eigenvalue weighted by Crippen LogP contribution is 2.54. The lowest BCUT2D eigenvalue weighted by Gasteiger charge is -2.47. The first-order chi connectivity index (χ1) is 17.3. The van der Waals surface area contributed by atoms with Crippen molar-refractivity contribution in [2.75, 3.05) is 7.05 Å². The Labute approximate surface area is 219 Å². The number of nitrogens with zero attached hydrogens (tertiary/aromatic N) is 1. The van der Waals surface area contributed by atoms with E-state index in [1.165, 1.54) is 12.1 Å². The van der Waals surface area contributed by atoms with Crippen LogP contribution >= 0.6 is 0 Å². The van der Waals surface area contributed by atoms with E-state index in [-0.39, 0.29) is 33.0 Å². The molecule has 0 unspecified atom stereocenters. The van der Waals surface area contributed by atoms with Crippen molar-refractivity contribution in [1.82, 2.24) is 4.90 Å². The fraction of sp³-hybridized carbons (Fsp3) is 0.400. The third kappa shape index (κ3) is 4.65. The minimum Gasteiger partial charge on any atom is -0.379 e. The van der Waals surface area contributed by atoms with Crippen molar-refractivity contribution in [2.45, 2.75) is 64.2 Å². The van der Waals surface area contributed by atoms with Gasteiger partial charge in [0.25, 0.3) is 0 Å². The summed E-state index contributed by atoms with van der Waals surface area (Å²) < 4.78 is 31.3. The molecule has 2 aliphatic carbocycles. The fourth-order valence-electron chi connectivity index (χ4n) is 6.01. The average molecular weight is 520 g/mol. The van der Waals surface area contributed by atoms with E-state index in [0.717, 1.165) is 24.2 Å². The van der Waals surface area contributed by atoms with Gasteiger partial charge in [0.15, 0.2) is 11.6 Å². The molecule has 7 heteroatoms. The molecule has 0 fully saturated rings. The summed E-state index contributed by atoms with van der Waals surface area (Å²) >= 11 is 0. The van der Waals surface area contributed by atoms with Gasteiger partial charge in [-0.3, -0.25) is 9.59 Å². The van der Waals surface area contributed by atoms with Crippen molar-refractivity contribution in [2.24, 2.45) is 10.8 Å². The van der Waals surface area contributed by atoms with Crippen molar-refractivity contribution in [3.05, 3.63) is 82.7 Å². The molecule has 194 valence electrons. The quantitative estimate of drug-likeness (QED) is 0.477. The maximum absolute atomic E-state index is 13.6. The van der Waals surface area contributed by atoms with Gasteiger partial charge < -0.3 is 9.08 Å². The van der Waals surface area contributed by atoms with Gasteiger partial charge in [0.2, 0.25) is 0 Å². The van der Waals surface area contributed by atoms with Crippen LogP contribution in [-0.4, -0.2) is 31.9 Å². The van der Waals surface area contributed by atoms with Crippen LogP contribution in [-0.2, 0) is 19.7 Å². The summed E-state index contributed by atoms with van der Waals surface area (Å²) in [5, 5.41) is 0. The summed E-state index contributed by atoms with van der Waals surface area (Å²) in [6, 6.07) is 14.8. The second kappa shape index (κ2) is 8.69. The molecular weight excluding hydrogens is 486 g/mol. The van der Waals surface area contributed by atoms with Crippen LogP contribution in [0.1, 0.15) is 64.9 Å². The molecule has 0 aromatic heterocycles. The van der Waals surface area contributed by atoms with Gasteiger partial charge in [-0.2, -0.15) is 8.42 Å². The molecule has 0 N–H and O–H groups in total. The zero-order valence-electron chi connectivity index (χ0n) is 22.0. The molecule has 2 aromatic rings. The number of hydrogen-bond acceptors (Lipinski definition) is 6. The van der Waals surface area contributed by atoms with Crippen LogP contribution in [0.15, 0.2) is 82.0 Å². The average Bonchev–Trinajstić information content (AvgIpc) is 2.80. The van der Waals surface area contributed by atoms with E-state index in [1.54, 1.807) is 36.4 Å². The summed E-state index contributed by atoms with van der Waals surface area (Å²) in [4.78, 5) is 29.4. The molecule has 3 aliphatic rings. The molecule has 0 radical (unpaired) electrons. The maximum atomic E-state index is 13.6. The molecule has 5 rings (SSSR count). The predicted molar refractivity (Wildman–Crippen MR) is 141 cm³/mol. The number of rotatable bonds is 4. The third-order valence-electron chi connectivity index (χ3n) is 7.61. The normalized spacial score (nSPS) is 21.6. The number of allylic oxidation sites excluding steroid dienone is 4. The monoisotopic (exact) mass is 519 g/mol. The van der Waals surface area contributed by atoms with Gasteiger partial charge in [0, 0.05) is 48.3 Å². The molecule has 6 nitrogen and oxygen atoms in total. The van der Waals surface area contributed by atoms with Crippen molar-refractivity contribution < 1.29 is 22.2 Å². The van der Waals surface area contributed by atoms with Crippen LogP contribution in [0.4, 0.5) is 0 Å². The van der Waals surface area contributed by atoms with Crippen molar-refractivity contribution in [3.63, 3.8) is 0 Å². The van der Waals surface area contributed by atoms with Gasteiger partial charge in [-0.25, -0.2) is 0 Å². The first-order valence-electron chi connectivity index (χ1n) is 12.6. The lowest BCUT2D eigenvalue weighted by molar-refractivity contribution is -0.119. The standard InChI is InChI=1S/C30H33NO5S/c1-29(2)15-22-27(24(32)17-29)26(28-23(31(22)5)16-30(3,4)18-25(28)33)19-10-9-11-20(14-19)36-37(34,35)21-12-7-6-8-13-21/h6-14,26H,15-18H2,1-5H3. The summed E-state index contributed by atoms with van der Waals surface area (Å²) in [7, 11) is -2.07. The highest BCUT2D eigenvalue weighted by molar-refractivity contribution is 7.87. The number of hydrogen-bond donors (Lipinski definition) is 0. The smallest absolute Gasteiger partial charge is 0.339 e. The second-order valence-corrected chi connectivity index (χ2v) is 13.6. The fourth-order valence-corrected chi connectivity index (χ4v) is 6.95. The number of carbonyl (C=O) groups is 2. The largest absolute Gasteiger partial charge is 0.379 e. The minimum absolute atomic E-state index is 0.0375. The van der Waals surface area contributed by atoms with E-state index in [9.17, 15) is 18.0 Å². The van der Waals surface area contributed by atoms with Crippen LogP contribution in [0.3, 0.4) is 0 Å². The SMILES string of the molecule is CN1C2=C(C(=O)CC(C)(C)C2)C(c2cccc(OS(=O)(=O)c3ccccc3)c2)C2=C1CC(C)(C)CC2=O. The predicted octanol–water partition coefficient (Wildman–Crippen LogP) is 5.77. The Bertz CT molecular complexity index is 1410. The van der Waals surface area contributed by atoms with Crippen LogP contribution in [0.25, 0.3) is 0 Å². The minimum atomic E-state index is -4.03. The topological polar surface area (TPSA) is 80.8 Å². The van der Waals surface area contributed by atoms with Gasteiger partial charge in [-0.05, 0) is 53.5 Å². The highest BCUT2D eigenvalue weighted by Gasteiger charge is 2.48. The third-order valence-corrected chi connectivity index (χ3v) is 8.87. The van der Waals surface area contributed by atoms with Gasteiger partial charge in [0.1, 0.15) is 10.6 Å².